The molecule has 0 aliphatic rings. The lowest BCUT2D eigenvalue weighted by molar-refractivity contribution is 0.0903. The molecule has 0 saturated heterocycles. The number of hydrogen-bond acceptors (Lipinski definition) is 5. The number of ether oxygens (including phenoxy) is 1. The first-order valence-electron chi connectivity index (χ1n) is 7.53. The second-order valence-electron chi connectivity index (χ2n) is 5.40. The predicted molar refractivity (Wildman–Crippen MR) is 87.0 cm³/mol. The molecular formula is C13H21N4O6P. The van der Waals surface area contributed by atoms with Gasteiger partial charge < -0.3 is 19.1 Å². The molecule has 2 heterocycles. The van der Waals surface area contributed by atoms with Crippen LogP contribution in [0.5, 0.6) is 0 Å². The van der Waals surface area contributed by atoms with Crippen molar-refractivity contribution >= 4 is 18.8 Å². The fourth-order valence-corrected chi connectivity index (χ4v) is 3.03. The lowest BCUT2D eigenvalue weighted by Crippen LogP contribution is -2.39. The van der Waals surface area contributed by atoms with E-state index in [1.54, 1.807) is 0 Å². The molecule has 0 unspecified atom stereocenters. The van der Waals surface area contributed by atoms with Crippen molar-refractivity contribution in [3.05, 3.63) is 27.2 Å². The average Bonchev–Trinajstić information content (AvgIpc) is 2.93. The molecule has 134 valence electrons. The van der Waals surface area contributed by atoms with Crippen LogP contribution in [0, 0.1) is 0 Å². The molecule has 2 rings (SSSR count). The Morgan fingerprint density at radius 1 is 1.29 bits per heavy atom. The van der Waals surface area contributed by atoms with Crippen LogP contribution in [0.2, 0.25) is 0 Å². The van der Waals surface area contributed by atoms with E-state index in [2.05, 4.69) is 4.98 Å². The Morgan fingerprint density at radius 3 is 2.62 bits per heavy atom. The Bertz CT molecular complexity index is 877. The van der Waals surface area contributed by atoms with E-state index in [1.807, 2.05) is 6.92 Å². The number of nitrogens with zero attached hydrogens (tertiary/aromatic N) is 4. The van der Waals surface area contributed by atoms with Crippen LogP contribution in [-0.4, -0.2) is 41.2 Å². The highest BCUT2D eigenvalue weighted by molar-refractivity contribution is 7.51. The van der Waals surface area contributed by atoms with Gasteiger partial charge in [0, 0.05) is 26.4 Å². The molecule has 0 atom stereocenters. The number of unbranched alkanes of at least 4 members (excludes halogenated alkanes) is 1. The third-order valence-electron chi connectivity index (χ3n) is 3.62. The lowest BCUT2D eigenvalue weighted by Gasteiger charge is -2.10. The molecule has 10 nitrogen and oxygen atoms in total. The van der Waals surface area contributed by atoms with E-state index < -0.39 is 18.8 Å². The Hall–Kier alpha value is -1.74. The number of rotatable bonds is 8. The highest BCUT2D eigenvalue weighted by Gasteiger charge is 2.17. The Balaban J connectivity index is 2.34. The first-order valence-corrected chi connectivity index (χ1v) is 9.33. The summed E-state index contributed by atoms with van der Waals surface area (Å²) in [6, 6.07) is 0. The van der Waals surface area contributed by atoms with E-state index in [4.69, 9.17) is 14.5 Å². The molecule has 0 amide bonds. The molecule has 0 radical (unpaired) electrons. The van der Waals surface area contributed by atoms with Crippen LogP contribution >= 0.6 is 7.60 Å². The second-order valence-corrected chi connectivity index (χ2v) is 7.18. The van der Waals surface area contributed by atoms with Gasteiger partial charge in [0.05, 0.1) is 6.33 Å². The van der Waals surface area contributed by atoms with Crippen molar-refractivity contribution in [3.8, 4) is 0 Å². The molecule has 2 N–H and O–H groups in total. The standard InChI is InChI=1S/C13H21N4O6P/c1-3-23-9-16-8-14-11-10(16)12(18)17(13(19)15(11)2)6-4-5-7-24(20,21)22/h8H,3-7,9H2,1-2H3,(H2,20,21,22). The van der Waals surface area contributed by atoms with Crippen molar-refractivity contribution in [3.63, 3.8) is 0 Å². The van der Waals surface area contributed by atoms with E-state index >= 15 is 0 Å². The maximum Gasteiger partial charge on any atom is 0.332 e. The predicted octanol–water partition coefficient (Wildman–Crippen LogP) is -0.151. The van der Waals surface area contributed by atoms with Crippen molar-refractivity contribution in [1.82, 2.24) is 18.7 Å². The summed E-state index contributed by atoms with van der Waals surface area (Å²) in [5, 5.41) is 0. The highest BCUT2D eigenvalue weighted by atomic mass is 31.2. The maximum atomic E-state index is 12.6. The summed E-state index contributed by atoms with van der Waals surface area (Å²) in [7, 11) is -2.55. The van der Waals surface area contributed by atoms with E-state index in [9.17, 15) is 14.2 Å². The SMILES string of the molecule is CCOCn1cnc2c1c(=O)n(CCCCP(=O)(O)O)c(=O)n2C. The van der Waals surface area contributed by atoms with Gasteiger partial charge in [-0.15, -0.1) is 0 Å². The smallest absolute Gasteiger partial charge is 0.332 e. The molecule has 0 aliphatic heterocycles. The molecule has 0 bridgehead atoms. The highest BCUT2D eigenvalue weighted by Crippen LogP contribution is 2.35. The lowest BCUT2D eigenvalue weighted by atomic mass is 10.3. The molecule has 0 saturated carbocycles. The zero-order valence-corrected chi connectivity index (χ0v) is 14.5. The van der Waals surface area contributed by atoms with Crippen LogP contribution in [0.15, 0.2) is 15.9 Å². The van der Waals surface area contributed by atoms with Gasteiger partial charge in [0.1, 0.15) is 6.73 Å². The van der Waals surface area contributed by atoms with Gasteiger partial charge in [-0.1, -0.05) is 0 Å². The van der Waals surface area contributed by atoms with Gasteiger partial charge in [0.2, 0.25) is 0 Å². The van der Waals surface area contributed by atoms with Gasteiger partial charge in [-0.05, 0) is 19.8 Å². The zero-order valence-electron chi connectivity index (χ0n) is 13.6. The minimum Gasteiger partial charge on any atom is -0.361 e. The zero-order chi connectivity index (χ0) is 17.9. The number of fused-ring (bicyclic) bond motifs is 1. The quantitative estimate of drug-likeness (QED) is 0.495. The first kappa shape index (κ1) is 18.6. The third-order valence-corrected chi connectivity index (χ3v) is 4.52. The van der Waals surface area contributed by atoms with Gasteiger partial charge >= 0.3 is 13.3 Å². The Morgan fingerprint density at radius 2 is 2.00 bits per heavy atom. The molecular weight excluding hydrogens is 339 g/mol. The van der Waals surface area contributed by atoms with Crippen LogP contribution < -0.4 is 11.2 Å². The fourth-order valence-electron chi connectivity index (χ4n) is 2.39. The van der Waals surface area contributed by atoms with Crippen molar-refractivity contribution in [2.45, 2.75) is 33.0 Å². The number of imidazole rings is 1. The summed E-state index contributed by atoms with van der Waals surface area (Å²) in [5.74, 6) is 0. The summed E-state index contributed by atoms with van der Waals surface area (Å²) in [4.78, 5) is 46.7. The number of hydrogen-bond donors (Lipinski definition) is 2. The van der Waals surface area contributed by atoms with E-state index in [1.165, 1.54) is 22.5 Å². The van der Waals surface area contributed by atoms with E-state index in [0.717, 1.165) is 4.57 Å². The van der Waals surface area contributed by atoms with Crippen molar-refractivity contribution in [2.75, 3.05) is 12.8 Å². The Kier molecular flexibility index (Phi) is 5.76. The average molecular weight is 360 g/mol. The van der Waals surface area contributed by atoms with Crippen molar-refractivity contribution in [2.24, 2.45) is 7.05 Å². The largest absolute Gasteiger partial charge is 0.361 e. The van der Waals surface area contributed by atoms with Crippen LogP contribution in [0.3, 0.4) is 0 Å². The van der Waals surface area contributed by atoms with Gasteiger partial charge in [0.15, 0.2) is 11.2 Å². The summed E-state index contributed by atoms with van der Waals surface area (Å²) in [6.45, 7) is 2.54. The summed E-state index contributed by atoms with van der Waals surface area (Å²) >= 11 is 0. The summed E-state index contributed by atoms with van der Waals surface area (Å²) < 4.78 is 20.0. The number of aromatic nitrogens is 4. The van der Waals surface area contributed by atoms with Gasteiger partial charge in [-0.2, -0.15) is 0 Å². The normalized spacial score (nSPS) is 12.2. The minimum absolute atomic E-state index is 0.0846. The van der Waals surface area contributed by atoms with Crippen LogP contribution in [0.4, 0.5) is 0 Å². The van der Waals surface area contributed by atoms with Gasteiger partial charge in [-0.3, -0.25) is 18.5 Å². The molecule has 11 heteroatoms. The van der Waals surface area contributed by atoms with E-state index in [-0.39, 0.29) is 37.0 Å². The van der Waals surface area contributed by atoms with Crippen molar-refractivity contribution < 1.29 is 19.1 Å². The van der Waals surface area contributed by atoms with Crippen molar-refractivity contribution in [1.29, 1.82) is 0 Å². The Labute approximate surface area is 137 Å². The second kappa shape index (κ2) is 7.43. The van der Waals surface area contributed by atoms with Crippen LogP contribution in [0.25, 0.3) is 11.2 Å². The topological polar surface area (TPSA) is 129 Å². The van der Waals surface area contributed by atoms with Crippen LogP contribution in [-0.2, 0) is 29.6 Å². The van der Waals surface area contributed by atoms with Gasteiger partial charge in [-0.25, -0.2) is 9.78 Å². The third kappa shape index (κ3) is 4.02. The van der Waals surface area contributed by atoms with E-state index in [0.29, 0.717) is 13.0 Å². The number of aryl methyl sites for hydroxylation is 1. The molecule has 0 aliphatic carbocycles. The molecule has 2 aromatic rings. The maximum absolute atomic E-state index is 12.6. The monoisotopic (exact) mass is 360 g/mol. The van der Waals surface area contributed by atoms with Crippen LogP contribution in [0.1, 0.15) is 19.8 Å². The molecule has 0 aromatic carbocycles. The fraction of sp³-hybridized carbons (Fsp3) is 0.615. The molecule has 0 spiro atoms. The minimum atomic E-state index is -4.07. The molecule has 2 aromatic heterocycles. The molecule has 24 heavy (non-hydrogen) atoms. The molecule has 0 fully saturated rings. The summed E-state index contributed by atoms with van der Waals surface area (Å²) in [6.07, 6.45) is 1.70. The summed E-state index contributed by atoms with van der Waals surface area (Å²) in [5.41, 5.74) is -0.455. The first-order chi connectivity index (χ1) is 11.3. The van der Waals surface area contributed by atoms with Gasteiger partial charge in [0.25, 0.3) is 5.56 Å².